The minimum Gasteiger partial charge on any atom is -0.367 e. The number of halogens is 3. The molecule has 0 radical (unpaired) electrons. The van der Waals surface area contributed by atoms with Crippen LogP contribution in [-0.2, 0) is 4.74 Å². The summed E-state index contributed by atoms with van der Waals surface area (Å²) in [6.45, 7) is 1.83. The lowest BCUT2D eigenvalue weighted by Crippen LogP contribution is -2.23. The van der Waals surface area contributed by atoms with Gasteiger partial charge in [0.2, 0.25) is 0 Å². The molecule has 100 valence electrons. The van der Waals surface area contributed by atoms with E-state index in [4.69, 9.17) is 0 Å². The lowest BCUT2D eigenvalue weighted by Gasteiger charge is -2.20. The normalized spacial score (nSPS) is 18.1. The van der Waals surface area contributed by atoms with E-state index in [0.29, 0.717) is 0 Å². The molecule has 0 saturated carbocycles. The number of ether oxygens (including phenoxy) is 1. The molecule has 1 aromatic heterocycles. The van der Waals surface area contributed by atoms with Gasteiger partial charge in [-0.05, 0) is 18.9 Å². The molecule has 2 heterocycles. The minimum absolute atomic E-state index is 0.0351. The zero-order valence-corrected chi connectivity index (χ0v) is 10.1. The fourth-order valence-electron chi connectivity index (χ4n) is 2.14. The Labute approximate surface area is 104 Å². The van der Waals surface area contributed by atoms with Crippen LogP contribution in [0.3, 0.4) is 0 Å². The van der Waals surface area contributed by atoms with E-state index < -0.39 is 12.3 Å². The molecule has 1 fully saturated rings. The van der Waals surface area contributed by atoms with E-state index in [1.165, 1.54) is 12.3 Å². The van der Waals surface area contributed by atoms with Crippen LogP contribution in [0, 0.1) is 0 Å². The topological polar surface area (TPSA) is 25.4 Å². The maximum atomic E-state index is 12.6. The Morgan fingerprint density at radius 1 is 1.28 bits per heavy atom. The highest BCUT2D eigenvalue weighted by Crippen LogP contribution is 2.35. The maximum Gasteiger partial charge on any atom is 0.418 e. The van der Waals surface area contributed by atoms with Crippen LogP contribution < -0.4 is 4.90 Å². The number of nitrogens with zero attached hydrogens (tertiary/aromatic N) is 2. The van der Waals surface area contributed by atoms with Crippen molar-refractivity contribution in [3.05, 3.63) is 23.9 Å². The SMILES string of the molecule is COC(c1ccc(N2CCCC2)nc1)C(F)(F)F. The molecule has 0 amide bonds. The second-order valence-electron chi connectivity index (χ2n) is 4.30. The Kier molecular flexibility index (Phi) is 3.75. The summed E-state index contributed by atoms with van der Waals surface area (Å²) in [6.07, 6.45) is -2.86. The van der Waals surface area contributed by atoms with Crippen molar-refractivity contribution in [1.82, 2.24) is 4.98 Å². The van der Waals surface area contributed by atoms with E-state index in [9.17, 15) is 13.2 Å². The standard InChI is InChI=1S/C12H15F3N2O/c1-18-11(12(13,14)15)9-4-5-10(16-8-9)17-6-2-3-7-17/h4-5,8,11H,2-3,6-7H2,1H3. The van der Waals surface area contributed by atoms with E-state index in [1.807, 2.05) is 0 Å². The van der Waals surface area contributed by atoms with Gasteiger partial charge in [0.1, 0.15) is 5.82 Å². The monoisotopic (exact) mass is 260 g/mol. The van der Waals surface area contributed by atoms with E-state index in [-0.39, 0.29) is 5.56 Å². The number of pyridine rings is 1. The molecular weight excluding hydrogens is 245 g/mol. The molecule has 3 nitrogen and oxygen atoms in total. The van der Waals surface area contributed by atoms with Gasteiger partial charge in [-0.1, -0.05) is 6.07 Å². The van der Waals surface area contributed by atoms with E-state index in [2.05, 4.69) is 14.6 Å². The number of rotatable bonds is 3. The second kappa shape index (κ2) is 5.14. The van der Waals surface area contributed by atoms with E-state index in [1.54, 1.807) is 6.07 Å². The molecular formula is C12H15F3N2O. The van der Waals surface area contributed by atoms with Crippen molar-refractivity contribution >= 4 is 5.82 Å². The van der Waals surface area contributed by atoms with E-state index >= 15 is 0 Å². The molecule has 0 aliphatic carbocycles. The minimum atomic E-state index is -4.41. The molecule has 1 aromatic rings. The summed E-state index contributed by atoms with van der Waals surface area (Å²) < 4.78 is 42.4. The predicted octanol–water partition coefficient (Wildman–Crippen LogP) is 2.93. The predicted molar refractivity (Wildman–Crippen MR) is 61.5 cm³/mol. The van der Waals surface area contributed by atoms with Crippen LogP contribution in [-0.4, -0.2) is 31.4 Å². The van der Waals surface area contributed by atoms with Crippen LogP contribution >= 0.6 is 0 Å². The fourth-order valence-corrected chi connectivity index (χ4v) is 2.14. The third kappa shape index (κ3) is 2.75. The van der Waals surface area contributed by atoms with Gasteiger partial charge >= 0.3 is 6.18 Å². The molecule has 1 atom stereocenters. The average molecular weight is 260 g/mol. The van der Waals surface area contributed by atoms with Crippen LogP contribution in [0.2, 0.25) is 0 Å². The van der Waals surface area contributed by atoms with Crippen molar-refractivity contribution in [1.29, 1.82) is 0 Å². The van der Waals surface area contributed by atoms with Gasteiger partial charge in [0.15, 0.2) is 6.10 Å². The zero-order chi connectivity index (χ0) is 13.2. The number of hydrogen-bond donors (Lipinski definition) is 0. The third-order valence-corrected chi connectivity index (χ3v) is 3.04. The molecule has 1 aliphatic rings. The zero-order valence-electron chi connectivity index (χ0n) is 10.1. The Morgan fingerprint density at radius 2 is 1.94 bits per heavy atom. The lowest BCUT2D eigenvalue weighted by molar-refractivity contribution is -0.216. The van der Waals surface area contributed by atoms with Crippen LogP contribution in [0.5, 0.6) is 0 Å². The molecule has 1 saturated heterocycles. The van der Waals surface area contributed by atoms with Gasteiger partial charge in [0.25, 0.3) is 0 Å². The molecule has 2 rings (SSSR count). The molecule has 6 heteroatoms. The van der Waals surface area contributed by atoms with Crippen molar-refractivity contribution in [2.24, 2.45) is 0 Å². The molecule has 0 spiro atoms. The van der Waals surface area contributed by atoms with Crippen LogP contribution in [0.25, 0.3) is 0 Å². The van der Waals surface area contributed by atoms with Crippen molar-refractivity contribution < 1.29 is 17.9 Å². The summed E-state index contributed by atoms with van der Waals surface area (Å²) in [5.74, 6) is 0.730. The highest BCUT2D eigenvalue weighted by molar-refractivity contribution is 5.40. The largest absolute Gasteiger partial charge is 0.418 e. The van der Waals surface area contributed by atoms with Gasteiger partial charge in [-0.3, -0.25) is 0 Å². The van der Waals surface area contributed by atoms with Crippen LogP contribution in [0.4, 0.5) is 19.0 Å². The smallest absolute Gasteiger partial charge is 0.367 e. The summed E-state index contributed by atoms with van der Waals surface area (Å²) >= 11 is 0. The summed E-state index contributed by atoms with van der Waals surface area (Å²) in [4.78, 5) is 6.16. The number of methoxy groups -OCH3 is 1. The van der Waals surface area contributed by atoms with Gasteiger partial charge in [0.05, 0.1) is 0 Å². The van der Waals surface area contributed by atoms with Gasteiger partial charge in [0, 0.05) is 32.0 Å². The van der Waals surface area contributed by atoms with Crippen molar-refractivity contribution in [3.63, 3.8) is 0 Å². The first-order valence-electron chi connectivity index (χ1n) is 5.83. The van der Waals surface area contributed by atoms with Crippen LogP contribution in [0.15, 0.2) is 18.3 Å². The first-order chi connectivity index (χ1) is 8.52. The maximum absolute atomic E-state index is 12.6. The highest BCUT2D eigenvalue weighted by atomic mass is 19.4. The Balaban J connectivity index is 2.15. The quantitative estimate of drug-likeness (QED) is 0.835. The van der Waals surface area contributed by atoms with Crippen LogP contribution in [0.1, 0.15) is 24.5 Å². The van der Waals surface area contributed by atoms with E-state index in [0.717, 1.165) is 38.9 Å². The Hall–Kier alpha value is -1.30. The first-order valence-corrected chi connectivity index (χ1v) is 5.83. The van der Waals surface area contributed by atoms with Crippen molar-refractivity contribution in [3.8, 4) is 0 Å². The third-order valence-electron chi connectivity index (χ3n) is 3.04. The number of hydrogen-bond acceptors (Lipinski definition) is 3. The number of aromatic nitrogens is 1. The molecule has 0 aromatic carbocycles. The van der Waals surface area contributed by atoms with Gasteiger partial charge in [-0.15, -0.1) is 0 Å². The first kappa shape index (κ1) is 13.1. The fraction of sp³-hybridized carbons (Fsp3) is 0.583. The molecule has 18 heavy (non-hydrogen) atoms. The lowest BCUT2D eigenvalue weighted by atomic mass is 10.1. The summed E-state index contributed by atoms with van der Waals surface area (Å²) in [6, 6.07) is 3.06. The highest BCUT2D eigenvalue weighted by Gasteiger charge is 2.41. The van der Waals surface area contributed by atoms with Crippen molar-refractivity contribution in [2.75, 3.05) is 25.1 Å². The van der Waals surface area contributed by atoms with Crippen molar-refractivity contribution in [2.45, 2.75) is 25.1 Å². The van der Waals surface area contributed by atoms with Gasteiger partial charge in [-0.25, -0.2) is 4.98 Å². The van der Waals surface area contributed by atoms with Gasteiger partial charge in [-0.2, -0.15) is 13.2 Å². The number of alkyl halides is 3. The number of anilines is 1. The molecule has 0 N–H and O–H groups in total. The molecule has 0 bridgehead atoms. The van der Waals surface area contributed by atoms with Gasteiger partial charge < -0.3 is 9.64 Å². The Morgan fingerprint density at radius 3 is 2.39 bits per heavy atom. The average Bonchev–Trinajstić information content (AvgIpc) is 2.82. The molecule has 1 unspecified atom stereocenters. The summed E-state index contributed by atoms with van der Waals surface area (Å²) in [5, 5.41) is 0. The summed E-state index contributed by atoms with van der Waals surface area (Å²) in [7, 11) is 1.05. The summed E-state index contributed by atoms with van der Waals surface area (Å²) in [5.41, 5.74) is 0.0351. The molecule has 1 aliphatic heterocycles. The second-order valence-corrected chi connectivity index (χ2v) is 4.30. The Bertz CT molecular complexity index is 385.